The Hall–Kier alpha value is -3.63. The number of anilines is 1. The van der Waals surface area contributed by atoms with Gasteiger partial charge in [0.15, 0.2) is 5.58 Å². The van der Waals surface area contributed by atoms with E-state index >= 15 is 0 Å². The van der Waals surface area contributed by atoms with Crippen molar-refractivity contribution in [1.82, 2.24) is 4.98 Å². The van der Waals surface area contributed by atoms with Gasteiger partial charge in [-0.05, 0) is 71.8 Å². The van der Waals surface area contributed by atoms with Crippen molar-refractivity contribution in [3.63, 3.8) is 0 Å². The van der Waals surface area contributed by atoms with Crippen LogP contribution in [0.5, 0.6) is 0 Å². The fraction of sp³-hybridized carbons (Fsp3) is 0.0400. The second-order valence-corrected chi connectivity index (χ2v) is 7.57. The van der Waals surface area contributed by atoms with Crippen LogP contribution >= 0.6 is 11.6 Å². The van der Waals surface area contributed by atoms with Gasteiger partial charge < -0.3 is 9.73 Å². The fourth-order valence-electron chi connectivity index (χ4n) is 3.57. The van der Waals surface area contributed by atoms with Gasteiger partial charge in [-0.1, -0.05) is 41.9 Å². The molecule has 1 heterocycles. The molecule has 146 valence electrons. The molecule has 0 radical (unpaired) electrons. The number of hydrogen-bond donors (Lipinski definition) is 1. The molecule has 4 nitrogen and oxygen atoms in total. The monoisotopic (exact) mass is 412 g/mol. The topological polar surface area (TPSA) is 55.1 Å². The van der Waals surface area contributed by atoms with Gasteiger partial charge in [-0.15, -0.1) is 0 Å². The van der Waals surface area contributed by atoms with E-state index in [9.17, 15) is 4.79 Å². The van der Waals surface area contributed by atoms with E-state index in [0.717, 1.165) is 21.9 Å². The van der Waals surface area contributed by atoms with Crippen LogP contribution < -0.4 is 5.32 Å². The lowest BCUT2D eigenvalue weighted by Crippen LogP contribution is -2.12. The highest BCUT2D eigenvalue weighted by Crippen LogP contribution is 2.28. The van der Waals surface area contributed by atoms with Gasteiger partial charge in [-0.2, -0.15) is 0 Å². The molecule has 30 heavy (non-hydrogen) atoms. The molecule has 1 amide bonds. The predicted octanol–water partition coefficient (Wildman–Crippen LogP) is 6.86. The average Bonchev–Trinajstić information content (AvgIpc) is 3.18. The van der Waals surface area contributed by atoms with Crippen LogP contribution in [0.2, 0.25) is 5.02 Å². The lowest BCUT2D eigenvalue weighted by atomic mass is 10.00. The summed E-state index contributed by atoms with van der Waals surface area (Å²) >= 11 is 6.02. The minimum atomic E-state index is -0.143. The molecule has 0 aliphatic rings. The number of nitrogens with zero attached hydrogens (tertiary/aromatic N) is 1. The van der Waals surface area contributed by atoms with Crippen molar-refractivity contribution in [3.8, 4) is 11.5 Å². The summed E-state index contributed by atoms with van der Waals surface area (Å²) in [6.07, 6.45) is 0. The molecular formula is C25H17ClN2O2. The second-order valence-electron chi connectivity index (χ2n) is 7.14. The largest absolute Gasteiger partial charge is 0.436 e. The second kappa shape index (κ2) is 7.32. The first-order valence-corrected chi connectivity index (χ1v) is 9.92. The number of rotatable bonds is 3. The zero-order chi connectivity index (χ0) is 20.7. The molecule has 1 N–H and O–H groups in total. The number of oxazole rings is 1. The van der Waals surface area contributed by atoms with Crippen molar-refractivity contribution < 1.29 is 9.21 Å². The lowest BCUT2D eigenvalue weighted by molar-refractivity contribution is 0.102. The first-order chi connectivity index (χ1) is 14.6. The van der Waals surface area contributed by atoms with Crippen LogP contribution in [-0.4, -0.2) is 10.9 Å². The Kier molecular flexibility index (Phi) is 4.49. The normalized spacial score (nSPS) is 11.1. The average molecular weight is 413 g/mol. The Labute approximate surface area is 178 Å². The van der Waals surface area contributed by atoms with Gasteiger partial charge >= 0.3 is 0 Å². The number of aryl methyl sites for hydroxylation is 1. The van der Waals surface area contributed by atoms with Gasteiger partial charge in [-0.25, -0.2) is 4.98 Å². The van der Waals surface area contributed by atoms with E-state index in [2.05, 4.69) is 10.3 Å². The molecule has 5 heteroatoms. The van der Waals surface area contributed by atoms with Crippen molar-refractivity contribution in [2.45, 2.75) is 6.92 Å². The van der Waals surface area contributed by atoms with E-state index in [1.807, 2.05) is 67.6 Å². The van der Waals surface area contributed by atoms with Gasteiger partial charge in [0.1, 0.15) is 5.52 Å². The Bertz CT molecular complexity index is 1400. The summed E-state index contributed by atoms with van der Waals surface area (Å²) in [6, 6.07) is 24.5. The molecule has 0 fully saturated rings. The minimum absolute atomic E-state index is 0.143. The minimum Gasteiger partial charge on any atom is -0.436 e. The molecule has 5 rings (SSSR count). The smallest absolute Gasteiger partial charge is 0.256 e. The number of fused-ring (bicyclic) bond motifs is 2. The highest BCUT2D eigenvalue weighted by molar-refractivity contribution is 6.31. The number of hydrogen-bond acceptors (Lipinski definition) is 3. The van der Waals surface area contributed by atoms with Crippen molar-refractivity contribution in [3.05, 3.63) is 95.0 Å². The van der Waals surface area contributed by atoms with Crippen LogP contribution in [0, 0.1) is 6.92 Å². The SMILES string of the molecule is Cc1ccc(C(=O)Nc2ccc(-c3nc4cc(Cl)ccc4o3)cc2)c2ccccc12. The summed E-state index contributed by atoms with van der Waals surface area (Å²) in [6.45, 7) is 2.04. The summed E-state index contributed by atoms with van der Waals surface area (Å²) in [7, 11) is 0. The molecule has 0 aliphatic carbocycles. The molecule has 0 atom stereocenters. The Balaban J connectivity index is 1.41. The van der Waals surface area contributed by atoms with Crippen LogP contribution in [0.3, 0.4) is 0 Å². The van der Waals surface area contributed by atoms with Gasteiger partial charge in [0.05, 0.1) is 0 Å². The molecule has 0 spiro atoms. The molecule has 4 aromatic carbocycles. The van der Waals surface area contributed by atoms with Crippen LogP contribution in [0.4, 0.5) is 5.69 Å². The molecular weight excluding hydrogens is 396 g/mol. The van der Waals surface area contributed by atoms with E-state index in [0.29, 0.717) is 33.3 Å². The van der Waals surface area contributed by atoms with E-state index in [4.69, 9.17) is 16.0 Å². The van der Waals surface area contributed by atoms with Crippen molar-refractivity contribution in [1.29, 1.82) is 0 Å². The van der Waals surface area contributed by atoms with Crippen molar-refractivity contribution in [2.75, 3.05) is 5.32 Å². The third-order valence-corrected chi connectivity index (χ3v) is 5.36. The van der Waals surface area contributed by atoms with Crippen LogP contribution in [0.25, 0.3) is 33.3 Å². The molecule has 0 aliphatic heterocycles. The number of carbonyl (C=O) groups excluding carboxylic acids is 1. The third-order valence-electron chi connectivity index (χ3n) is 5.13. The van der Waals surface area contributed by atoms with Crippen LogP contribution in [0.1, 0.15) is 15.9 Å². The highest BCUT2D eigenvalue weighted by atomic mass is 35.5. The third kappa shape index (κ3) is 3.31. The van der Waals surface area contributed by atoms with Crippen molar-refractivity contribution >= 4 is 45.1 Å². The Morgan fingerprint density at radius 1 is 0.933 bits per heavy atom. The lowest BCUT2D eigenvalue weighted by Gasteiger charge is -2.10. The predicted molar refractivity (Wildman–Crippen MR) is 121 cm³/mol. The summed E-state index contributed by atoms with van der Waals surface area (Å²) in [5, 5.41) is 5.61. The van der Waals surface area contributed by atoms with E-state index in [-0.39, 0.29) is 5.91 Å². The maximum absolute atomic E-state index is 12.9. The van der Waals surface area contributed by atoms with Crippen LogP contribution in [-0.2, 0) is 0 Å². The zero-order valence-corrected chi connectivity index (χ0v) is 16.9. The quantitative estimate of drug-likeness (QED) is 0.352. The fourth-order valence-corrected chi connectivity index (χ4v) is 3.73. The first-order valence-electron chi connectivity index (χ1n) is 9.55. The molecule has 0 unspecified atom stereocenters. The molecule has 0 saturated heterocycles. The van der Waals surface area contributed by atoms with E-state index < -0.39 is 0 Å². The van der Waals surface area contributed by atoms with Gasteiger partial charge in [0, 0.05) is 21.8 Å². The first kappa shape index (κ1) is 18.4. The summed E-state index contributed by atoms with van der Waals surface area (Å²) in [5.74, 6) is 0.366. The number of benzene rings is 4. The number of halogens is 1. The van der Waals surface area contributed by atoms with Gasteiger partial charge in [0.2, 0.25) is 5.89 Å². The number of aromatic nitrogens is 1. The van der Waals surface area contributed by atoms with E-state index in [1.54, 1.807) is 18.2 Å². The maximum Gasteiger partial charge on any atom is 0.256 e. The number of amides is 1. The van der Waals surface area contributed by atoms with E-state index in [1.165, 1.54) is 0 Å². The molecule has 0 bridgehead atoms. The zero-order valence-electron chi connectivity index (χ0n) is 16.1. The summed E-state index contributed by atoms with van der Waals surface area (Å²) < 4.78 is 5.80. The number of carbonyl (C=O) groups is 1. The van der Waals surface area contributed by atoms with Crippen LogP contribution in [0.15, 0.2) is 83.3 Å². The summed E-state index contributed by atoms with van der Waals surface area (Å²) in [5.41, 5.74) is 4.70. The Morgan fingerprint density at radius 3 is 2.50 bits per heavy atom. The summed E-state index contributed by atoms with van der Waals surface area (Å²) in [4.78, 5) is 17.4. The number of nitrogens with one attached hydrogen (secondary N) is 1. The molecule has 1 aromatic heterocycles. The highest BCUT2D eigenvalue weighted by Gasteiger charge is 2.13. The Morgan fingerprint density at radius 2 is 1.70 bits per heavy atom. The van der Waals surface area contributed by atoms with Gasteiger partial charge in [0.25, 0.3) is 5.91 Å². The van der Waals surface area contributed by atoms with Gasteiger partial charge in [-0.3, -0.25) is 4.79 Å². The molecule has 0 saturated carbocycles. The standard InChI is InChI=1S/C25H17ClN2O2/c1-15-6-12-21(20-5-3-2-4-19(15)20)24(29)27-18-10-7-16(8-11-18)25-28-22-14-17(26)9-13-23(22)30-25/h2-14H,1H3,(H,27,29). The van der Waals surface area contributed by atoms with Crippen molar-refractivity contribution in [2.24, 2.45) is 0 Å². The molecule has 5 aromatic rings. The maximum atomic E-state index is 12.9.